The Hall–Kier alpha value is -2.82. The van der Waals surface area contributed by atoms with Gasteiger partial charge in [-0.25, -0.2) is 4.98 Å². The number of benzene rings is 1. The maximum atomic E-state index is 6.14. The van der Waals surface area contributed by atoms with Crippen molar-refractivity contribution in [2.45, 2.75) is 0 Å². The van der Waals surface area contributed by atoms with E-state index in [1.807, 2.05) is 42.5 Å². The molecule has 0 aliphatic carbocycles. The van der Waals surface area contributed by atoms with Gasteiger partial charge in [0.05, 0.1) is 7.11 Å². The number of aliphatic imine (C=N–C) groups is 1. The fraction of sp³-hybridized carbons (Fsp3) is 0.125. The molecule has 3 N–H and O–H groups in total. The van der Waals surface area contributed by atoms with Crippen LogP contribution in [0.3, 0.4) is 0 Å². The van der Waals surface area contributed by atoms with Gasteiger partial charge in [0.2, 0.25) is 0 Å². The monoisotopic (exact) mass is 282 g/mol. The Kier molecular flexibility index (Phi) is 4.93. The zero-order chi connectivity index (χ0) is 15.1. The number of aromatic nitrogens is 1. The first kappa shape index (κ1) is 14.6. The van der Waals surface area contributed by atoms with Gasteiger partial charge in [-0.05, 0) is 24.3 Å². The Balaban J connectivity index is 2.24. The van der Waals surface area contributed by atoms with Gasteiger partial charge in [-0.1, -0.05) is 18.2 Å². The summed E-state index contributed by atoms with van der Waals surface area (Å²) in [5, 5.41) is 3.11. The van der Waals surface area contributed by atoms with Gasteiger partial charge in [0.25, 0.3) is 0 Å². The van der Waals surface area contributed by atoms with E-state index < -0.39 is 0 Å². The molecular formula is C16H18N4O. The fourth-order valence-electron chi connectivity index (χ4n) is 1.83. The Labute approximate surface area is 124 Å². The van der Waals surface area contributed by atoms with Gasteiger partial charge in [-0.3, -0.25) is 4.99 Å². The van der Waals surface area contributed by atoms with Crippen molar-refractivity contribution in [2.24, 2.45) is 10.7 Å². The second-order valence-electron chi connectivity index (χ2n) is 4.25. The van der Waals surface area contributed by atoms with Gasteiger partial charge < -0.3 is 15.8 Å². The predicted molar refractivity (Wildman–Crippen MR) is 86.4 cm³/mol. The smallest absolute Gasteiger partial charge is 0.131 e. The maximum Gasteiger partial charge on any atom is 0.131 e. The number of methoxy groups -OCH3 is 1. The number of hydrogen-bond donors (Lipinski definition) is 2. The van der Waals surface area contributed by atoms with Crippen molar-refractivity contribution < 1.29 is 4.74 Å². The molecule has 0 fully saturated rings. The van der Waals surface area contributed by atoms with Gasteiger partial charge in [0.15, 0.2) is 0 Å². The van der Waals surface area contributed by atoms with E-state index in [4.69, 9.17) is 10.5 Å². The Morgan fingerprint density at radius 2 is 2.00 bits per heavy atom. The number of nitrogens with two attached hydrogens (primary N) is 1. The second-order valence-corrected chi connectivity index (χ2v) is 4.25. The third kappa shape index (κ3) is 3.82. The lowest BCUT2D eigenvalue weighted by molar-refractivity contribution is 0.413. The van der Waals surface area contributed by atoms with Gasteiger partial charge in [0, 0.05) is 30.6 Å². The molecule has 0 amide bonds. The van der Waals surface area contributed by atoms with Gasteiger partial charge in [-0.2, -0.15) is 0 Å². The van der Waals surface area contributed by atoms with E-state index in [0.717, 1.165) is 11.3 Å². The molecule has 0 aliphatic heterocycles. The Bertz CT molecular complexity index is 650. The number of ether oxygens (including phenoxy) is 1. The number of para-hydroxylation sites is 1. The molecule has 0 aliphatic rings. The summed E-state index contributed by atoms with van der Waals surface area (Å²) in [7, 11) is 3.31. The summed E-state index contributed by atoms with van der Waals surface area (Å²) in [4.78, 5) is 8.37. The van der Waals surface area contributed by atoms with Gasteiger partial charge in [-0.15, -0.1) is 0 Å². The average Bonchev–Trinajstić information content (AvgIpc) is 2.55. The molecule has 0 unspecified atom stereocenters. The minimum absolute atomic E-state index is 0.566. The summed E-state index contributed by atoms with van der Waals surface area (Å²) in [5.41, 5.74) is 7.53. The van der Waals surface area contributed by atoms with E-state index in [-0.39, 0.29) is 0 Å². The number of amidine groups is 1. The van der Waals surface area contributed by atoms with Crippen LogP contribution in [0.15, 0.2) is 59.7 Å². The SMILES string of the molecule is CN=C(/C=C(\N)c1ccccc1OC)Nc1ccccn1. The van der Waals surface area contributed by atoms with Crippen molar-refractivity contribution in [3.63, 3.8) is 0 Å². The minimum atomic E-state index is 0.566. The quantitative estimate of drug-likeness (QED) is 0.667. The molecule has 0 atom stereocenters. The molecular weight excluding hydrogens is 264 g/mol. The van der Waals surface area contributed by atoms with Crippen molar-refractivity contribution in [2.75, 3.05) is 19.5 Å². The molecule has 2 rings (SSSR count). The van der Waals surface area contributed by atoms with Crippen LogP contribution in [0.2, 0.25) is 0 Å². The molecule has 0 saturated carbocycles. The molecule has 21 heavy (non-hydrogen) atoms. The fourth-order valence-corrected chi connectivity index (χ4v) is 1.83. The van der Waals surface area contributed by atoms with Crippen LogP contribution >= 0.6 is 0 Å². The zero-order valence-corrected chi connectivity index (χ0v) is 12.1. The highest BCUT2D eigenvalue weighted by Gasteiger charge is 2.06. The second kappa shape index (κ2) is 7.09. The Morgan fingerprint density at radius 3 is 2.67 bits per heavy atom. The maximum absolute atomic E-state index is 6.14. The van der Waals surface area contributed by atoms with E-state index >= 15 is 0 Å². The lowest BCUT2D eigenvalue weighted by Crippen LogP contribution is -2.12. The first-order valence-corrected chi connectivity index (χ1v) is 6.50. The summed E-state index contributed by atoms with van der Waals surface area (Å²) >= 11 is 0. The average molecular weight is 282 g/mol. The lowest BCUT2D eigenvalue weighted by atomic mass is 10.1. The van der Waals surface area contributed by atoms with Gasteiger partial charge in [0.1, 0.15) is 17.4 Å². The van der Waals surface area contributed by atoms with Crippen LogP contribution in [-0.4, -0.2) is 25.0 Å². The minimum Gasteiger partial charge on any atom is -0.496 e. The zero-order valence-electron chi connectivity index (χ0n) is 12.1. The van der Waals surface area contributed by atoms with Gasteiger partial charge >= 0.3 is 0 Å². The van der Waals surface area contributed by atoms with E-state index in [1.165, 1.54) is 0 Å². The van der Waals surface area contributed by atoms with Crippen LogP contribution in [0.25, 0.3) is 5.70 Å². The number of anilines is 1. The standard InChI is InChI=1S/C16H18N4O/c1-18-16(20-15-9-5-6-10-19-15)11-13(17)12-7-3-4-8-14(12)21-2/h3-11H,17H2,1-2H3,(H,18,19,20)/b13-11-. The molecule has 5 heteroatoms. The van der Waals surface area contributed by atoms with Crippen LogP contribution in [0, 0.1) is 0 Å². The third-order valence-corrected chi connectivity index (χ3v) is 2.87. The van der Waals surface area contributed by atoms with E-state index in [1.54, 1.807) is 26.4 Å². The lowest BCUT2D eigenvalue weighted by Gasteiger charge is -2.10. The van der Waals surface area contributed by atoms with Crippen LogP contribution < -0.4 is 15.8 Å². The first-order chi connectivity index (χ1) is 10.2. The molecule has 5 nitrogen and oxygen atoms in total. The van der Waals surface area contributed by atoms with Crippen LogP contribution in [0.1, 0.15) is 5.56 Å². The first-order valence-electron chi connectivity index (χ1n) is 6.50. The Morgan fingerprint density at radius 1 is 1.24 bits per heavy atom. The van der Waals surface area contributed by atoms with Crippen LogP contribution in [0.5, 0.6) is 5.75 Å². The largest absolute Gasteiger partial charge is 0.496 e. The van der Waals surface area contributed by atoms with E-state index in [9.17, 15) is 0 Å². The van der Waals surface area contributed by atoms with E-state index in [0.29, 0.717) is 17.4 Å². The predicted octanol–water partition coefficient (Wildman–Crippen LogP) is 2.53. The van der Waals surface area contributed by atoms with Crippen molar-refractivity contribution in [1.82, 2.24) is 4.98 Å². The summed E-state index contributed by atoms with van der Waals surface area (Å²) in [6.45, 7) is 0. The van der Waals surface area contributed by atoms with Crippen molar-refractivity contribution in [3.8, 4) is 5.75 Å². The molecule has 2 aromatic rings. The molecule has 0 saturated heterocycles. The summed E-state index contributed by atoms with van der Waals surface area (Å²) in [5.74, 6) is 2.05. The highest BCUT2D eigenvalue weighted by atomic mass is 16.5. The molecule has 1 heterocycles. The number of nitrogens with zero attached hydrogens (tertiary/aromatic N) is 2. The van der Waals surface area contributed by atoms with Crippen LogP contribution in [-0.2, 0) is 0 Å². The number of nitrogens with one attached hydrogen (secondary N) is 1. The normalized spacial score (nSPS) is 12.1. The third-order valence-electron chi connectivity index (χ3n) is 2.87. The van der Waals surface area contributed by atoms with Crippen LogP contribution in [0.4, 0.5) is 5.82 Å². The number of pyridine rings is 1. The van der Waals surface area contributed by atoms with Crippen molar-refractivity contribution >= 4 is 17.4 Å². The summed E-state index contributed by atoms with van der Waals surface area (Å²) in [6, 6.07) is 13.2. The molecule has 0 bridgehead atoms. The molecule has 0 radical (unpaired) electrons. The molecule has 108 valence electrons. The van der Waals surface area contributed by atoms with Crippen molar-refractivity contribution in [3.05, 3.63) is 60.3 Å². The van der Waals surface area contributed by atoms with E-state index in [2.05, 4.69) is 15.3 Å². The number of hydrogen-bond acceptors (Lipinski definition) is 4. The highest BCUT2D eigenvalue weighted by Crippen LogP contribution is 2.22. The topological polar surface area (TPSA) is 72.5 Å². The highest BCUT2D eigenvalue weighted by molar-refractivity contribution is 6.07. The van der Waals surface area contributed by atoms with Crippen molar-refractivity contribution in [1.29, 1.82) is 0 Å². The molecule has 1 aromatic heterocycles. The summed E-state index contributed by atoms with van der Waals surface area (Å²) < 4.78 is 5.31. The molecule has 1 aromatic carbocycles. The number of rotatable bonds is 4. The summed E-state index contributed by atoms with van der Waals surface area (Å²) in [6.07, 6.45) is 3.47. The molecule has 0 spiro atoms.